The van der Waals surface area contributed by atoms with Crippen molar-refractivity contribution in [2.24, 2.45) is 11.1 Å². The number of aromatic nitrogens is 1. The fourth-order valence-electron chi connectivity index (χ4n) is 5.12. The monoisotopic (exact) mass is 403 g/mol. The van der Waals surface area contributed by atoms with E-state index in [4.69, 9.17) is 5.73 Å². The largest absolute Gasteiger partial charge is 0.477 e. The lowest BCUT2D eigenvalue weighted by Crippen LogP contribution is -2.45. The van der Waals surface area contributed by atoms with Crippen LogP contribution in [-0.2, 0) is 0 Å². The highest BCUT2D eigenvalue weighted by Crippen LogP contribution is 2.58. The maximum absolute atomic E-state index is 15.2. The molecule has 2 unspecified atom stereocenters. The van der Waals surface area contributed by atoms with Crippen LogP contribution in [-0.4, -0.2) is 40.4 Å². The van der Waals surface area contributed by atoms with Gasteiger partial charge in [0.2, 0.25) is 5.43 Å². The van der Waals surface area contributed by atoms with E-state index in [0.29, 0.717) is 29.9 Å². The first-order valence-corrected chi connectivity index (χ1v) is 9.85. The Labute approximate surface area is 165 Å². The van der Waals surface area contributed by atoms with E-state index in [9.17, 15) is 19.1 Å². The highest BCUT2D eigenvalue weighted by Gasteiger charge is 2.60. The third kappa shape index (κ3) is 2.48. The van der Waals surface area contributed by atoms with Gasteiger partial charge in [-0.1, -0.05) is 0 Å². The number of fused-ring (bicyclic) bond motifs is 1. The molecule has 3 aliphatic rings. The molecule has 0 bridgehead atoms. The number of anilines is 1. The zero-order valence-corrected chi connectivity index (χ0v) is 16.3. The van der Waals surface area contributed by atoms with Gasteiger partial charge in [-0.15, -0.1) is 0 Å². The minimum absolute atomic E-state index is 0.0196. The SMILES string of the molecule is Cc1c(N2CC(C)(N)C3(CC3)C2)c(F)cc2c(=O)c(C(=O)O)cn(C3C[C@@H]3F)c12. The van der Waals surface area contributed by atoms with Gasteiger partial charge in [-0.05, 0) is 38.3 Å². The van der Waals surface area contributed by atoms with Crippen LogP contribution in [0.4, 0.5) is 14.5 Å². The molecule has 3 N–H and O–H groups in total. The van der Waals surface area contributed by atoms with Crippen molar-refractivity contribution in [2.45, 2.75) is 50.9 Å². The number of nitrogens with two attached hydrogens (primary N) is 1. The zero-order chi connectivity index (χ0) is 20.9. The summed E-state index contributed by atoms with van der Waals surface area (Å²) >= 11 is 0. The maximum Gasteiger partial charge on any atom is 0.341 e. The Balaban J connectivity index is 1.75. The average molecular weight is 403 g/mol. The molecule has 1 spiro atoms. The first-order chi connectivity index (χ1) is 13.6. The van der Waals surface area contributed by atoms with Crippen molar-refractivity contribution < 1.29 is 18.7 Å². The van der Waals surface area contributed by atoms with Crippen LogP contribution >= 0.6 is 0 Å². The number of carboxylic acids is 1. The molecule has 1 aromatic heterocycles. The first-order valence-electron chi connectivity index (χ1n) is 9.85. The number of rotatable bonds is 3. The van der Waals surface area contributed by atoms with Crippen molar-refractivity contribution in [1.82, 2.24) is 4.57 Å². The predicted molar refractivity (Wildman–Crippen MR) is 105 cm³/mol. The Hall–Kier alpha value is -2.48. The van der Waals surface area contributed by atoms with E-state index in [-0.39, 0.29) is 17.2 Å². The zero-order valence-electron chi connectivity index (χ0n) is 16.3. The molecule has 29 heavy (non-hydrogen) atoms. The van der Waals surface area contributed by atoms with Crippen LogP contribution in [0.1, 0.15) is 48.1 Å². The van der Waals surface area contributed by atoms with Crippen LogP contribution in [0.2, 0.25) is 0 Å². The summed E-state index contributed by atoms with van der Waals surface area (Å²) in [5.41, 5.74) is 6.10. The van der Waals surface area contributed by atoms with Gasteiger partial charge in [0.15, 0.2) is 0 Å². The minimum Gasteiger partial charge on any atom is -0.477 e. The number of carbonyl (C=O) groups is 1. The summed E-state index contributed by atoms with van der Waals surface area (Å²) in [6, 6.07) is 0.561. The quantitative estimate of drug-likeness (QED) is 0.823. The molecule has 8 heteroatoms. The molecule has 3 atom stereocenters. The van der Waals surface area contributed by atoms with Crippen molar-refractivity contribution in [3.63, 3.8) is 0 Å². The van der Waals surface area contributed by atoms with E-state index in [1.807, 2.05) is 11.8 Å². The van der Waals surface area contributed by atoms with Gasteiger partial charge in [0.1, 0.15) is 17.6 Å². The third-order valence-corrected chi connectivity index (χ3v) is 7.14. The Morgan fingerprint density at radius 3 is 2.52 bits per heavy atom. The lowest BCUT2D eigenvalue weighted by atomic mass is 9.87. The number of hydrogen-bond acceptors (Lipinski definition) is 4. The molecule has 0 amide bonds. The minimum atomic E-state index is -1.40. The van der Waals surface area contributed by atoms with E-state index >= 15 is 4.39 Å². The van der Waals surface area contributed by atoms with Crippen LogP contribution in [0, 0.1) is 18.2 Å². The molecule has 2 heterocycles. The van der Waals surface area contributed by atoms with Gasteiger partial charge in [0, 0.05) is 42.0 Å². The highest BCUT2D eigenvalue weighted by atomic mass is 19.1. The van der Waals surface area contributed by atoms with Gasteiger partial charge in [-0.3, -0.25) is 4.79 Å². The number of benzene rings is 1. The second-order valence-corrected chi connectivity index (χ2v) is 9.19. The van der Waals surface area contributed by atoms with Gasteiger partial charge in [0.05, 0.1) is 17.2 Å². The van der Waals surface area contributed by atoms with Crippen molar-refractivity contribution in [1.29, 1.82) is 0 Å². The molecular weight excluding hydrogens is 380 g/mol. The summed E-state index contributed by atoms with van der Waals surface area (Å²) in [5.74, 6) is -1.99. The van der Waals surface area contributed by atoms with E-state index < -0.39 is 40.5 Å². The van der Waals surface area contributed by atoms with E-state index in [1.165, 1.54) is 10.8 Å². The second-order valence-electron chi connectivity index (χ2n) is 9.19. The summed E-state index contributed by atoms with van der Waals surface area (Å²) in [4.78, 5) is 26.2. The number of halogens is 2. The Kier molecular flexibility index (Phi) is 3.56. The van der Waals surface area contributed by atoms with Crippen LogP contribution in [0.15, 0.2) is 17.1 Å². The first kappa shape index (κ1) is 18.5. The number of aryl methyl sites for hydroxylation is 1. The molecule has 2 aromatic rings. The Morgan fingerprint density at radius 1 is 1.34 bits per heavy atom. The fourth-order valence-corrected chi connectivity index (χ4v) is 5.12. The summed E-state index contributed by atoms with van der Waals surface area (Å²) in [6.45, 7) is 4.82. The molecule has 1 aromatic carbocycles. The van der Waals surface area contributed by atoms with Crippen molar-refractivity contribution in [3.05, 3.63) is 39.4 Å². The van der Waals surface area contributed by atoms with Gasteiger partial charge >= 0.3 is 5.97 Å². The van der Waals surface area contributed by atoms with Crippen LogP contribution < -0.4 is 16.1 Å². The lowest BCUT2D eigenvalue weighted by molar-refractivity contribution is 0.0694. The normalized spacial score (nSPS) is 29.6. The van der Waals surface area contributed by atoms with Crippen molar-refractivity contribution >= 4 is 22.6 Å². The van der Waals surface area contributed by atoms with Gasteiger partial charge in [-0.25, -0.2) is 13.6 Å². The third-order valence-electron chi connectivity index (χ3n) is 7.14. The average Bonchev–Trinajstić information content (AvgIpc) is 3.51. The lowest BCUT2D eigenvalue weighted by Gasteiger charge is -2.26. The Bertz CT molecular complexity index is 1130. The molecule has 154 valence electrons. The molecular formula is C21H23F2N3O3. The second kappa shape index (κ2) is 5.56. The van der Waals surface area contributed by atoms with Crippen LogP contribution in [0.3, 0.4) is 0 Å². The summed E-state index contributed by atoms with van der Waals surface area (Å²) in [5, 5.41) is 9.35. The van der Waals surface area contributed by atoms with Gasteiger partial charge in [0.25, 0.3) is 0 Å². The molecule has 1 saturated heterocycles. The van der Waals surface area contributed by atoms with E-state index in [1.54, 1.807) is 6.92 Å². The topological polar surface area (TPSA) is 88.6 Å². The number of hydrogen-bond donors (Lipinski definition) is 2. The Morgan fingerprint density at radius 2 is 2.00 bits per heavy atom. The van der Waals surface area contributed by atoms with Crippen LogP contribution in [0.25, 0.3) is 10.9 Å². The van der Waals surface area contributed by atoms with Crippen LogP contribution in [0.5, 0.6) is 0 Å². The number of aromatic carboxylic acids is 1. The standard InChI is InChI=1S/C21H23F2N3O3/c1-10-16-11(18(27)12(19(28)29)7-26(16)15-6-13(15)22)5-14(23)17(10)25-8-20(2,24)21(9-25)3-4-21/h5,7,13,15H,3-4,6,8-9,24H2,1-2H3,(H,28,29)/t13-,15?,20?/m0/s1. The van der Waals surface area contributed by atoms with Gasteiger partial charge in [-0.2, -0.15) is 0 Å². The molecule has 6 nitrogen and oxygen atoms in total. The highest BCUT2D eigenvalue weighted by molar-refractivity contribution is 5.95. The predicted octanol–water partition coefficient (Wildman–Crippen LogP) is 2.75. The van der Waals surface area contributed by atoms with Crippen molar-refractivity contribution in [2.75, 3.05) is 18.0 Å². The molecule has 1 aliphatic heterocycles. The number of nitrogens with zero attached hydrogens (tertiary/aromatic N) is 2. The van der Waals surface area contributed by atoms with E-state index in [0.717, 1.165) is 18.9 Å². The summed E-state index contributed by atoms with van der Waals surface area (Å²) in [7, 11) is 0. The molecule has 2 saturated carbocycles. The number of pyridine rings is 1. The van der Waals surface area contributed by atoms with E-state index in [2.05, 4.69) is 0 Å². The number of carboxylic acid groups (broad SMARTS) is 1. The fraction of sp³-hybridized carbons (Fsp3) is 0.524. The van der Waals surface area contributed by atoms with Gasteiger partial charge < -0.3 is 20.3 Å². The van der Waals surface area contributed by atoms with Crippen molar-refractivity contribution in [3.8, 4) is 0 Å². The number of alkyl halides is 1. The maximum atomic E-state index is 15.2. The smallest absolute Gasteiger partial charge is 0.341 e. The summed E-state index contributed by atoms with van der Waals surface area (Å²) < 4.78 is 30.6. The summed E-state index contributed by atoms with van der Waals surface area (Å²) in [6.07, 6.45) is 2.35. The molecule has 5 rings (SSSR count). The molecule has 2 aliphatic carbocycles. The molecule has 0 radical (unpaired) electrons. The molecule has 3 fully saturated rings.